The first kappa shape index (κ1) is 41.9. The standard InChI is InChI=1S/C20H18O4.C17H15NO3.C4H6O3.Na.H/c1-12(21)19-16-7-5-4-6-15(16)17(20(19)22)11-13-10-14(23-2)8-9-18(13)24-3;1-20-12-7-8-16(21-2)11(9-12)10-14-13-5-3-4-6-15(13)18-17(14)19;1-3(5)7-4(2)6;;/h4-11,19H,1-3H3;3-10H,1-2H3,(H,18,19);1-2H3;;/q;;;+1;-1/b17-11+;14-10+;;;. The fourth-order valence-corrected chi connectivity index (χ4v) is 5.68. The van der Waals surface area contributed by atoms with Crippen molar-refractivity contribution in [2.45, 2.75) is 26.7 Å². The van der Waals surface area contributed by atoms with Crippen molar-refractivity contribution in [3.05, 3.63) is 113 Å². The number of ketones is 2. The Morgan fingerprint density at radius 2 is 1.13 bits per heavy atom. The predicted molar refractivity (Wildman–Crippen MR) is 198 cm³/mol. The van der Waals surface area contributed by atoms with Crippen molar-refractivity contribution >= 4 is 58.4 Å². The molecule has 2 aliphatic rings. The minimum absolute atomic E-state index is 0. The SMILES string of the molecule is CC(=O)OC(C)=O.COc1ccc(OC)c(/C=C2/C(=O)C(C(C)=O)c3ccccc32)c1.COc1ccc(OC)c(/C=C2/C(=O)Nc3ccccc32)c1.[H-].[Na+]. The molecule has 11 nitrogen and oxygen atoms in total. The number of para-hydroxylation sites is 1. The molecule has 0 spiro atoms. The summed E-state index contributed by atoms with van der Waals surface area (Å²) in [7, 11) is 6.37. The molecule has 1 aliphatic carbocycles. The van der Waals surface area contributed by atoms with Crippen molar-refractivity contribution in [1.29, 1.82) is 0 Å². The number of allylic oxidation sites excluding steroid dienone is 1. The molecule has 53 heavy (non-hydrogen) atoms. The van der Waals surface area contributed by atoms with Crippen LogP contribution in [0.25, 0.3) is 23.3 Å². The van der Waals surface area contributed by atoms with Gasteiger partial charge in [0.1, 0.15) is 34.7 Å². The Morgan fingerprint density at radius 1 is 0.642 bits per heavy atom. The summed E-state index contributed by atoms with van der Waals surface area (Å²) in [5.74, 6) is 0.450. The van der Waals surface area contributed by atoms with Crippen LogP contribution >= 0.6 is 0 Å². The van der Waals surface area contributed by atoms with Crippen LogP contribution < -0.4 is 53.8 Å². The molecule has 0 bridgehead atoms. The van der Waals surface area contributed by atoms with Crippen LogP contribution in [0.15, 0.2) is 84.9 Å². The van der Waals surface area contributed by atoms with Crippen molar-refractivity contribution in [1.82, 2.24) is 0 Å². The van der Waals surface area contributed by atoms with E-state index in [1.807, 2.05) is 78.9 Å². The Bertz CT molecular complexity index is 2080. The minimum atomic E-state index is -0.718. The average molecular weight is 730 g/mol. The smallest absolute Gasteiger partial charge is 1.00 e. The first-order valence-electron chi connectivity index (χ1n) is 16.0. The molecule has 4 aromatic carbocycles. The normalized spacial score (nSPS) is 14.9. The quantitative estimate of drug-likeness (QED) is 0.129. The number of methoxy groups -OCH3 is 4. The van der Waals surface area contributed by atoms with Gasteiger partial charge in [0.2, 0.25) is 0 Å². The minimum Gasteiger partial charge on any atom is -1.00 e. The van der Waals surface area contributed by atoms with E-state index in [0.29, 0.717) is 34.1 Å². The van der Waals surface area contributed by atoms with E-state index in [1.54, 1.807) is 46.6 Å². The molecule has 0 fully saturated rings. The largest absolute Gasteiger partial charge is 1.00 e. The average Bonchev–Trinajstić information content (AvgIpc) is 3.59. The number of nitrogens with one attached hydrogen (secondary N) is 1. The number of ether oxygens (including phenoxy) is 5. The van der Waals surface area contributed by atoms with Crippen molar-refractivity contribution in [3.8, 4) is 23.0 Å². The second-order valence-electron chi connectivity index (χ2n) is 11.4. The second kappa shape index (κ2) is 19.4. The van der Waals surface area contributed by atoms with Gasteiger partial charge in [-0.05, 0) is 72.7 Å². The summed E-state index contributed by atoms with van der Waals surface area (Å²) < 4.78 is 25.2. The van der Waals surface area contributed by atoms with Crippen molar-refractivity contribution in [2.75, 3.05) is 33.8 Å². The first-order valence-corrected chi connectivity index (χ1v) is 16.0. The number of benzene rings is 4. The zero-order valence-corrected chi connectivity index (χ0v) is 32.9. The van der Waals surface area contributed by atoms with Gasteiger partial charge in [-0.1, -0.05) is 42.5 Å². The van der Waals surface area contributed by atoms with Gasteiger partial charge in [0.15, 0.2) is 5.78 Å². The maximum absolute atomic E-state index is 12.8. The number of fused-ring (bicyclic) bond motifs is 2. The topological polar surface area (TPSA) is 144 Å². The second-order valence-corrected chi connectivity index (χ2v) is 11.4. The molecule has 0 saturated heterocycles. The molecule has 12 heteroatoms. The Balaban J connectivity index is 0.000000310. The van der Waals surface area contributed by atoms with E-state index in [4.69, 9.17) is 18.9 Å². The molecule has 1 unspecified atom stereocenters. The number of hydrogen-bond donors (Lipinski definition) is 1. The molecule has 1 N–H and O–H groups in total. The van der Waals surface area contributed by atoms with Gasteiger partial charge in [0, 0.05) is 47.4 Å². The van der Waals surface area contributed by atoms with E-state index in [2.05, 4.69) is 10.1 Å². The van der Waals surface area contributed by atoms with Gasteiger partial charge in [-0.3, -0.25) is 24.0 Å². The summed E-state index contributed by atoms with van der Waals surface area (Å²) in [6.07, 6.45) is 3.59. The van der Waals surface area contributed by atoms with Crippen molar-refractivity contribution in [2.24, 2.45) is 0 Å². The molecule has 270 valence electrons. The Hall–Kier alpha value is -5.49. The summed E-state index contributed by atoms with van der Waals surface area (Å²) in [4.78, 5) is 56.5. The summed E-state index contributed by atoms with van der Waals surface area (Å²) in [6, 6.07) is 25.9. The summed E-state index contributed by atoms with van der Waals surface area (Å²) in [5, 5.41) is 2.85. The molecule has 1 atom stereocenters. The maximum atomic E-state index is 12.8. The Kier molecular flexibility index (Phi) is 15.3. The van der Waals surface area contributed by atoms with Gasteiger partial charge < -0.3 is 30.4 Å². The fourth-order valence-electron chi connectivity index (χ4n) is 5.68. The van der Waals surface area contributed by atoms with Gasteiger partial charge in [0.05, 0.1) is 28.4 Å². The Labute approximate surface area is 331 Å². The van der Waals surface area contributed by atoms with E-state index in [9.17, 15) is 24.0 Å². The third-order valence-electron chi connectivity index (χ3n) is 7.97. The van der Waals surface area contributed by atoms with Gasteiger partial charge >= 0.3 is 41.5 Å². The van der Waals surface area contributed by atoms with Crippen LogP contribution in [0, 0.1) is 0 Å². The third kappa shape index (κ3) is 10.3. The van der Waals surface area contributed by atoms with Crippen LogP contribution in [0.3, 0.4) is 0 Å². The molecule has 4 aromatic rings. The molecule has 1 heterocycles. The van der Waals surface area contributed by atoms with E-state index in [1.165, 1.54) is 20.8 Å². The zero-order valence-electron chi connectivity index (χ0n) is 31.9. The molecule has 0 radical (unpaired) electrons. The van der Waals surface area contributed by atoms with Crippen LogP contribution in [0.1, 0.15) is 55.9 Å². The number of carbonyl (C=O) groups excluding carboxylic acids is 5. The Morgan fingerprint density at radius 3 is 1.60 bits per heavy atom. The van der Waals surface area contributed by atoms with Crippen LogP contribution in [0.4, 0.5) is 5.69 Å². The molecular weight excluding hydrogens is 689 g/mol. The molecule has 1 aliphatic heterocycles. The van der Waals surface area contributed by atoms with Gasteiger partial charge in [0.25, 0.3) is 5.91 Å². The van der Waals surface area contributed by atoms with E-state index in [-0.39, 0.29) is 48.5 Å². The predicted octanol–water partition coefficient (Wildman–Crippen LogP) is 3.91. The third-order valence-corrected chi connectivity index (χ3v) is 7.97. The molecule has 0 saturated carbocycles. The van der Waals surface area contributed by atoms with Crippen LogP contribution in [0.5, 0.6) is 23.0 Å². The number of anilines is 1. The van der Waals surface area contributed by atoms with Crippen LogP contribution in [0.2, 0.25) is 0 Å². The maximum Gasteiger partial charge on any atom is 1.00 e. The fraction of sp³-hybridized carbons (Fsp3) is 0.195. The molecule has 6 rings (SSSR count). The number of carbonyl (C=O) groups is 5. The molecule has 0 aromatic heterocycles. The molecule has 1 amide bonds. The van der Waals surface area contributed by atoms with E-state index in [0.717, 1.165) is 33.5 Å². The van der Waals surface area contributed by atoms with Crippen molar-refractivity contribution < 1.29 is 78.6 Å². The van der Waals surface area contributed by atoms with E-state index < -0.39 is 17.9 Å². The van der Waals surface area contributed by atoms with E-state index >= 15 is 0 Å². The number of rotatable bonds is 7. The summed E-state index contributed by atoms with van der Waals surface area (Å²) in [6.45, 7) is 3.82. The monoisotopic (exact) mass is 729 g/mol. The van der Waals surface area contributed by atoms with Gasteiger partial charge in [-0.15, -0.1) is 0 Å². The van der Waals surface area contributed by atoms with Gasteiger partial charge in [-0.2, -0.15) is 0 Å². The zero-order chi connectivity index (χ0) is 37.9. The van der Waals surface area contributed by atoms with Gasteiger partial charge in [-0.25, -0.2) is 0 Å². The summed E-state index contributed by atoms with van der Waals surface area (Å²) in [5.41, 5.74) is 5.98. The van der Waals surface area contributed by atoms with Crippen LogP contribution in [-0.2, 0) is 28.7 Å². The number of amides is 1. The molecular formula is C41H40NNaO10. The summed E-state index contributed by atoms with van der Waals surface area (Å²) >= 11 is 0. The van der Waals surface area contributed by atoms with Crippen molar-refractivity contribution in [3.63, 3.8) is 0 Å². The number of esters is 2. The number of Topliss-reactive ketones (excluding diaryl/α,β-unsaturated/α-hetero) is 2. The number of hydrogen-bond acceptors (Lipinski definition) is 10. The first-order chi connectivity index (χ1) is 24.9. The van der Waals surface area contributed by atoms with Crippen LogP contribution in [-0.4, -0.2) is 57.9 Å².